The van der Waals surface area contributed by atoms with Gasteiger partial charge in [-0.05, 0) is 13.0 Å². The summed E-state index contributed by atoms with van der Waals surface area (Å²) >= 11 is 1.17. The second-order valence-electron chi connectivity index (χ2n) is 5.96. The van der Waals surface area contributed by atoms with Gasteiger partial charge in [0.05, 0.1) is 0 Å². The van der Waals surface area contributed by atoms with Crippen LogP contribution < -0.4 is 10.6 Å². The van der Waals surface area contributed by atoms with Crippen LogP contribution in [-0.2, 0) is 4.79 Å². The molecule has 4 aromatic rings. The van der Waals surface area contributed by atoms with Crippen LogP contribution in [0.25, 0.3) is 17.0 Å². The van der Waals surface area contributed by atoms with Gasteiger partial charge in [-0.1, -0.05) is 41.7 Å². The molecule has 0 spiro atoms. The van der Waals surface area contributed by atoms with Crippen molar-refractivity contribution in [3.05, 3.63) is 54.1 Å². The van der Waals surface area contributed by atoms with Gasteiger partial charge >= 0.3 is 0 Å². The largest absolute Gasteiger partial charge is 0.316 e. The van der Waals surface area contributed by atoms with Crippen molar-refractivity contribution in [2.75, 3.05) is 10.6 Å². The Morgan fingerprint density at radius 2 is 1.82 bits per heavy atom. The van der Waals surface area contributed by atoms with Crippen LogP contribution in [-0.4, -0.2) is 36.4 Å². The highest BCUT2D eigenvalue weighted by atomic mass is 32.1. The number of carbonyl (C=O) groups is 2. The summed E-state index contributed by atoms with van der Waals surface area (Å²) in [5.41, 5.74) is 2.19. The predicted molar refractivity (Wildman–Crippen MR) is 105 cm³/mol. The Hall–Kier alpha value is -3.66. The molecule has 0 aliphatic heterocycles. The quantitative estimate of drug-likeness (QED) is 0.551. The highest BCUT2D eigenvalue weighted by molar-refractivity contribution is 7.20. The van der Waals surface area contributed by atoms with Crippen LogP contribution in [0, 0.1) is 6.92 Å². The minimum absolute atomic E-state index is 0.0973. The van der Waals surface area contributed by atoms with Gasteiger partial charge in [-0.15, -0.1) is 10.2 Å². The number of nitrogens with one attached hydrogen (secondary N) is 2. The molecule has 3 aromatic heterocycles. The maximum Gasteiger partial charge on any atom is 0.295 e. The maximum absolute atomic E-state index is 12.7. The molecule has 2 N–H and O–H groups in total. The molecule has 0 aliphatic carbocycles. The number of amides is 2. The van der Waals surface area contributed by atoms with Crippen LogP contribution in [0.15, 0.2) is 42.6 Å². The fourth-order valence-corrected chi connectivity index (χ4v) is 3.52. The molecule has 0 radical (unpaired) electrons. The van der Waals surface area contributed by atoms with Crippen molar-refractivity contribution in [2.24, 2.45) is 0 Å². The lowest BCUT2D eigenvalue weighted by Crippen LogP contribution is -2.15. The molecular formula is C18H15N7O2S. The molecule has 0 fully saturated rings. The molecule has 9 nitrogen and oxygen atoms in total. The number of thiazole rings is 1. The van der Waals surface area contributed by atoms with Crippen molar-refractivity contribution in [2.45, 2.75) is 13.8 Å². The summed E-state index contributed by atoms with van der Waals surface area (Å²) in [5.74, 6) is -0.252. The van der Waals surface area contributed by atoms with E-state index in [2.05, 4.69) is 30.8 Å². The van der Waals surface area contributed by atoms with Crippen molar-refractivity contribution < 1.29 is 9.59 Å². The first-order valence-electron chi connectivity index (χ1n) is 8.35. The highest BCUT2D eigenvalue weighted by Gasteiger charge is 2.19. The molecule has 0 bridgehead atoms. The van der Waals surface area contributed by atoms with Crippen LogP contribution in [0.4, 0.5) is 10.1 Å². The number of aromatic nitrogens is 5. The molecule has 10 heteroatoms. The number of aryl methyl sites for hydroxylation is 1. The Labute approximate surface area is 163 Å². The van der Waals surface area contributed by atoms with Crippen molar-refractivity contribution in [3.8, 4) is 11.3 Å². The molecule has 0 saturated heterocycles. The molecule has 1 aromatic carbocycles. The molecule has 140 valence electrons. The van der Waals surface area contributed by atoms with Crippen molar-refractivity contribution >= 4 is 39.1 Å². The Morgan fingerprint density at radius 1 is 1.04 bits per heavy atom. The third-order valence-corrected chi connectivity index (χ3v) is 4.69. The summed E-state index contributed by atoms with van der Waals surface area (Å²) in [6, 6.07) is 11.2. The van der Waals surface area contributed by atoms with Gasteiger partial charge in [0.2, 0.25) is 11.7 Å². The zero-order valence-corrected chi connectivity index (χ0v) is 15.8. The number of hydrogen-bond acceptors (Lipinski definition) is 7. The number of fused-ring (bicyclic) bond motifs is 1. The Balaban J connectivity index is 1.66. The fourth-order valence-electron chi connectivity index (χ4n) is 2.59. The number of nitrogens with zero attached hydrogens (tertiary/aromatic N) is 5. The third-order valence-electron chi connectivity index (χ3n) is 3.81. The Morgan fingerprint density at radius 3 is 2.57 bits per heavy atom. The lowest BCUT2D eigenvalue weighted by atomic mass is 10.2. The minimum atomic E-state index is -0.471. The van der Waals surface area contributed by atoms with Gasteiger partial charge in [0, 0.05) is 24.4 Å². The number of carbonyl (C=O) groups excluding carboxylic acids is 2. The SMILES string of the molecule is CC(=O)Nc1sc(NC(=O)c2nnc3nc(C)ccn23)nc1-c1ccccc1. The predicted octanol–water partition coefficient (Wildman–Crippen LogP) is 2.77. The van der Waals surface area contributed by atoms with Crippen LogP contribution in [0.2, 0.25) is 0 Å². The summed E-state index contributed by atoms with van der Waals surface area (Å²) in [6.07, 6.45) is 1.69. The van der Waals surface area contributed by atoms with Crippen molar-refractivity contribution in [1.82, 2.24) is 24.6 Å². The minimum Gasteiger partial charge on any atom is -0.316 e. The summed E-state index contributed by atoms with van der Waals surface area (Å²) in [5, 5.41) is 14.2. The van der Waals surface area contributed by atoms with Crippen LogP contribution in [0.3, 0.4) is 0 Å². The van der Waals surface area contributed by atoms with E-state index in [4.69, 9.17) is 0 Å². The molecule has 0 atom stereocenters. The molecule has 28 heavy (non-hydrogen) atoms. The Bertz CT molecular complexity index is 1180. The smallest absolute Gasteiger partial charge is 0.295 e. The molecule has 0 unspecified atom stereocenters. The summed E-state index contributed by atoms with van der Waals surface area (Å²) < 4.78 is 1.50. The van der Waals surface area contributed by atoms with Crippen LogP contribution in [0.1, 0.15) is 23.2 Å². The van der Waals surface area contributed by atoms with Crippen molar-refractivity contribution in [1.29, 1.82) is 0 Å². The summed E-state index contributed by atoms with van der Waals surface area (Å²) in [4.78, 5) is 32.9. The zero-order chi connectivity index (χ0) is 19.7. The van der Waals surface area contributed by atoms with Gasteiger partial charge in [-0.3, -0.25) is 19.3 Å². The lowest BCUT2D eigenvalue weighted by Gasteiger charge is -2.01. The average molecular weight is 393 g/mol. The standard InChI is InChI=1S/C18H15N7O2S/c1-10-8-9-25-14(23-24-17(25)19-10)15(27)22-18-21-13(12-6-4-3-5-7-12)16(28-18)20-11(2)26/h3-9H,1-2H3,(H,20,26)(H,21,22,27). The topological polar surface area (TPSA) is 114 Å². The van der Waals surface area contributed by atoms with Gasteiger partial charge in [0.25, 0.3) is 11.7 Å². The maximum atomic E-state index is 12.7. The van der Waals surface area contributed by atoms with Gasteiger partial charge in [0.15, 0.2) is 5.13 Å². The van der Waals surface area contributed by atoms with E-state index in [0.29, 0.717) is 21.6 Å². The summed E-state index contributed by atoms with van der Waals surface area (Å²) in [7, 11) is 0. The zero-order valence-electron chi connectivity index (χ0n) is 15.0. The van der Waals surface area contributed by atoms with E-state index in [0.717, 1.165) is 11.3 Å². The van der Waals surface area contributed by atoms with E-state index >= 15 is 0 Å². The second-order valence-corrected chi connectivity index (χ2v) is 6.96. The third kappa shape index (κ3) is 3.45. The molecular weight excluding hydrogens is 378 g/mol. The van der Waals surface area contributed by atoms with E-state index in [1.54, 1.807) is 12.3 Å². The fraction of sp³-hybridized carbons (Fsp3) is 0.111. The van der Waals surface area contributed by atoms with E-state index in [1.165, 1.54) is 22.7 Å². The van der Waals surface area contributed by atoms with E-state index < -0.39 is 5.91 Å². The number of rotatable bonds is 4. The highest BCUT2D eigenvalue weighted by Crippen LogP contribution is 2.35. The van der Waals surface area contributed by atoms with E-state index in [9.17, 15) is 9.59 Å². The number of hydrogen-bond donors (Lipinski definition) is 2. The first kappa shape index (κ1) is 17.7. The normalized spacial score (nSPS) is 10.8. The van der Waals surface area contributed by atoms with E-state index in [1.807, 2.05) is 37.3 Å². The number of benzene rings is 1. The first-order chi connectivity index (χ1) is 13.5. The molecule has 3 heterocycles. The van der Waals surface area contributed by atoms with Gasteiger partial charge < -0.3 is 5.32 Å². The second kappa shape index (κ2) is 7.16. The molecule has 0 saturated carbocycles. The van der Waals surface area contributed by atoms with Gasteiger partial charge in [-0.25, -0.2) is 9.97 Å². The summed E-state index contributed by atoms with van der Waals surface area (Å²) in [6.45, 7) is 3.25. The van der Waals surface area contributed by atoms with Crippen LogP contribution >= 0.6 is 11.3 Å². The first-order valence-corrected chi connectivity index (χ1v) is 9.16. The monoisotopic (exact) mass is 393 g/mol. The average Bonchev–Trinajstić information content (AvgIpc) is 3.25. The van der Waals surface area contributed by atoms with E-state index in [-0.39, 0.29) is 11.7 Å². The molecule has 2 amide bonds. The number of anilines is 2. The van der Waals surface area contributed by atoms with Gasteiger partial charge in [-0.2, -0.15) is 0 Å². The van der Waals surface area contributed by atoms with Crippen LogP contribution in [0.5, 0.6) is 0 Å². The lowest BCUT2D eigenvalue weighted by molar-refractivity contribution is -0.114. The van der Waals surface area contributed by atoms with Crippen molar-refractivity contribution in [3.63, 3.8) is 0 Å². The molecule has 0 aliphatic rings. The molecule has 4 rings (SSSR count). The van der Waals surface area contributed by atoms with Gasteiger partial charge in [0.1, 0.15) is 10.7 Å². The Kier molecular flexibility index (Phi) is 4.53.